The van der Waals surface area contributed by atoms with E-state index in [4.69, 9.17) is 23.7 Å². The largest absolute Gasteiger partial charge is 0.504 e. The molecule has 2 aromatic rings. The van der Waals surface area contributed by atoms with Crippen LogP contribution >= 0.6 is 0 Å². The van der Waals surface area contributed by atoms with Crippen molar-refractivity contribution in [1.82, 2.24) is 0 Å². The molecule has 9 N–H and O–H groups in total. The molecule has 0 radical (unpaired) electrons. The van der Waals surface area contributed by atoms with Crippen molar-refractivity contribution < 1.29 is 74.4 Å². The average molecular weight is 625 g/mol. The van der Waals surface area contributed by atoms with E-state index in [0.29, 0.717) is 5.56 Å². The minimum atomic E-state index is -2.48. The summed E-state index contributed by atoms with van der Waals surface area (Å²) in [6.07, 6.45) is -11.6. The van der Waals surface area contributed by atoms with E-state index in [1.807, 2.05) is 0 Å². The van der Waals surface area contributed by atoms with Crippen LogP contribution in [0.15, 0.2) is 42.5 Å². The fourth-order valence-electron chi connectivity index (χ4n) is 4.93. The van der Waals surface area contributed by atoms with Crippen LogP contribution in [0.3, 0.4) is 0 Å². The van der Waals surface area contributed by atoms with Gasteiger partial charge < -0.3 is 69.6 Å². The topological polar surface area (TPSA) is 245 Å². The molecular formula is C29H36O15. The van der Waals surface area contributed by atoms with Crippen molar-refractivity contribution in [2.24, 2.45) is 0 Å². The number of esters is 1. The van der Waals surface area contributed by atoms with Gasteiger partial charge >= 0.3 is 5.97 Å². The Hall–Kier alpha value is -3.51. The van der Waals surface area contributed by atoms with Crippen molar-refractivity contribution in [2.75, 3.05) is 13.2 Å². The van der Waals surface area contributed by atoms with E-state index >= 15 is 0 Å². The first kappa shape index (κ1) is 33.4. The van der Waals surface area contributed by atoms with Gasteiger partial charge in [-0.3, -0.25) is 0 Å². The fraction of sp³-hybridized carbons (Fsp3) is 0.483. The zero-order chi connectivity index (χ0) is 32.3. The normalized spacial score (nSPS) is 34.2. The molecule has 2 aliphatic heterocycles. The van der Waals surface area contributed by atoms with Gasteiger partial charge in [-0.1, -0.05) is 12.1 Å². The molecule has 44 heavy (non-hydrogen) atoms. The Morgan fingerprint density at radius 3 is 2.18 bits per heavy atom. The van der Waals surface area contributed by atoms with Gasteiger partial charge in [0.2, 0.25) is 0 Å². The summed E-state index contributed by atoms with van der Waals surface area (Å²) in [5.41, 5.74) is -2.33. The number of rotatable bonds is 9. The lowest BCUT2D eigenvalue weighted by Crippen LogP contribution is -2.66. The Morgan fingerprint density at radius 1 is 0.886 bits per heavy atom. The Kier molecular flexibility index (Phi) is 10.3. The molecule has 10 unspecified atom stereocenters. The molecule has 0 bridgehead atoms. The van der Waals surface area contributed by atoms with Crippen molar-refractivity contribution in [1.29, 1.82) is 0 Å². The molecule has 0 aliphatic carbocycles. The van der Waals surface area contributed by atoms with Crippen molar-refractivity contribution in [2.45, 2.75) is 74.8 Å². The van der Waals surface area contributed by atoms with Gasteiger partial charge in [0.15, 0.2) is 47.3 Å². The molecule has 2 heterocycles. The SMILES string of the molecule is CCOC1OC(COC2OC(C)C(O)C(O)C2O)C(OC(=O)C=Cc2ccc(O)c(O)c2)C(O)C1(O)c1ccc(O)c(O)c1. The van der Waals surface area contributed by atoms with Crippen LogP contribution in [0.5, 0.6) is 23.0 Å². The van der Waals surface area contributed by atoms with Gasteiger partial charge in [-0.2, -0.15) is 0 Å². The van der Waals surface area contributed by atoms with Crippen LogP contribution in [-0.4, -0.2) is 120 Å². The molecular weight excluding hydrogens is 588 g/mol. The molecule has 15 heteroatoms. The number of carbonyl (C=O) groups excluding carboxylic acids is 1. The van der Waals surface area contributed by atoms with Crippen LogP contribution < -0.4 is 0 Å². The molecule has 2 saturated heterocycles. The second-order valence-electron chi connectivity index (χ2n) is 10.4. The van der Waals surface area contributed by atoms with Crippen molar-refractivity contribution in [3.8, 4) is 23.0 Å². The van der Waals surface area contributed by atoms with E-state index in [1.54, 1.807) is 6.92 Å². The number of aromatic hydroxyl groups is 4. The van der Waals surface area contributed by atoms with Crippen LogP contribution in [0.4, 0.5) is 0 Å². The van der Waals surface area contributed by atoms with Gasteiger partial charge in [-0.25, -0.2) is 4.79 Å². The first-order chi connectivity index (χ1) is 20.8. The van der Waals surface area contributed by atoms with Crippen molar-refractivity contribution in [3.05, 3.63) is 53.6 Å². The Morgan fingerprint density at radius 2 is 1.55 bits per heavy atom. The van der Waals surface area contributed by atoms with Crippen molar-refractivity contribution in [3.63, 3.8) is 0 Å². The number of ether oxygens (including phenoxy) is 5. The third-order valence-electron chi connectivity index (χ3n) is 7.44. The van der Waals surface area contributed by atoms with Crippen LogP contribution in [0.25, 0.3) is 6.08 Å². The Labute approximate surface area is 251 Å². The Bertz CT molecular complexity index is 1330. The summed E-state index contributed by atoms with van der Waals surface area (Å²) in [7, 11) is 0. The molecule has 0 amide bonds. The van der Waals surface area contributed by atoms with E-state index in [0.717, 1.165) is 18.2 Å². The highest BCUT2D eigenvalue weighted by atomic mass is 16.7. The summed E-state index contributed by atoms with van der Waals surface area (Å²) in [6, 6.07) is 7.01. The summed E-state index contributed by atoms with van der Waals surface area (Å²) in [5.74, 6) is -2.99. The second-order valence-corrected chi connectivity index (χ2v) is 10.4. The highest BCUT2D eigenvalue weighted by Crippen LogP contribution is 2.42. The molecule has 242 valence electrons. The standard InChI is InChI=1S/C29H36O15/c1-3-40-28-29(39,15-6-8-17(31)19(33)11-15)26(38)25(44-21(34)9-5-14-4-7-16(30)18(32)10-14)20(43-28)12-41-27-24(37)23(36)22(35)13(2)42-27/h4-11,13,20,22-28,30-33,35-39H,3,12H2,1-2H3. The van der Waals surface area contributed by atoms with Crippen molar-refractivity contribution >= 4 is 12.0 Å². The summed E-state index contributed by atoms with van der Waals surface area (Å²) in [4.78, 5) is 12.9. The summed E-state index contributed by atoms with van der Waals surface area (Å²) in [5, 5.41) is 92.9. The first-order valence-electron chi connectivity index (χ1n) is 13.7. The molecule has 2 fully saturated rings. The third-order valence-corrected chi connectivity index (χ3v) is 7.44. The quantitative estimate of drug-likeness (QED) is 0.0950. The second kappa shape index (κ2) is 13.6. The zero-order valence-corrected chi connectivity index (χ0v) is 23.7. The van der Waals surface area contributed by atoms with Gasteiger partial charge in [0.1, 0.15) is 30.5 Å². The number of aliphatic hydroxyl groups excluding tert-OH is 4. The minimum Gasteiger partial charge on any atom is -0.504 e. The minimum absolute atomic E-state index is 0.0317. The van der Waals surface area contributed by atoms with Gasteiger partial charge in [0.05, 0.1) is 12.7 Å². The number of phenolic OH excluding ortho intramolecular Hbond substituents is 4. The van der Waals surface area contributed by atoms with Crippen LogP contribution in [-0.2, 0) is 34.1 Å². The predicted octanol–water partition coefficient (Wildman–Crippen LogP) is -0.712. The van der Waals surface area contributed by atoms with Crippen LogP contribution in [0, 0.1) is 0 Å². The van der Waals surface area contributed by atoms with E-state index in [2.05, 4.69) is 0 Å². The van der Waals surface area contributed by atoms with E-state index < -0.39 is 90.7 Å². The van der Waals surface area contributed by atoms with E-state index in [1.165, 1.54) is 37.3 Å². The molecule has 2 aliphatic rings. The number of hydrogen-bond donors (Lipinski definition) is 9. The lowest BCUT2D eigenvalue weighted by molar-refractivity contribution is -0.358. The Balaban J connectivity index is 1.64. The maximum Gasteiger partial charge on any atom is 0.331 e. The van der Waals surface area contributed by atoms with Gasteiger partial charge in [0.25, 0.3) is 0 Å². The average Bonchev–Trinajstić information content (AvgIpc) is 2.99. The summed E-state index contributed by atoms with van der Waals surface area (Å²) in [6.45, 7) is 2.44. The monoisotopic (exact) mass is 624 g/mol. The summed E-state index contributed by atoms with van der Waals surface area (Å²) >= 11 is 0. The number of benzene rings is 2. The smallest absolute Gasteiger partial charge is 0.331 e. The zero-order valence-electron chi connectivity index (χ0n) is 23.7. The fourth-order valence-corrected chi connectivity index (χ4v) is 4.93. The molecule has 0 aromatic heterocycles. The lowest BCUT2D eigenvalue weighted by atomic mass is 9.80. The first-order valence-corrected chi connectivity index (χ1v) is 13.7. The number of phenols is 4. The maximum atomic E-state index is 12.9. The van der Waals surface area contributed by atoms with Gasteiger partial charge in [-0.05, 0) is 55.3 Å². The molecule has 10 atom stereocenters. The summed E-state index contributed by atoms with van der Waals surface area (Å²) < 4.78 is 28.1. The molecule has 15 nitrogen and oxygen atoms in total. The van der Waals surface area contributed by atoms with Gasteiger partial charge in [-0.15, -0.1) is 0 Å². The number of aliphatic hydroxyl groups is 5. The highest BCUT2D eigenvalue weighted by Gasteiger charge is 2.59. The van der Waals surface area contributed by atoms with E-state index in [9.17, 15) is 50.8 Å². The predicted molar refractivity (Wildman–Crippen MR) is 147 cm³/mol. The molecule has 0 spiro atoms. The number of carbonyl (C=O) groups is 1. The van der Waals surface area contributed by atoms with Crippen LogP contribution in [0.2, 0.25) is 0 Å². The van der Waals surface area contributed by atoms with E-state index in [-0.39, 0.29) is 17.9 Å². The number of hydrogen-bond acceptors (Lipinski definition) is 15. The molecule has 2 aromatic carbocycles. The molecule has 4 rings (SSSR count). The third kappa shape index (κ3) is 6.76. The highest BCUT2D eigenvalue weighted by molar-refractivity contribution is 5.87. The van der Waals surface area contributed by atoms with Crippen LogP contribution in [0.1, 0.15) is 25.0 Å². The van der Waals surface area contributed by atoms with Gasteiger partial charge in [0, 0.05) is 12.7 Å². The maximum absolute atomic E-state index is 12.9. The molecule has 0 saturated carbocycles. The lowest BCUT2D eigenvalue weighted by Gasteiger charge is -2.49.